The number of fused-ring (bicyclic) bond motifs is 1. The lowest BCUT2D eigenvalue weighted by Gasteiger charge is -2.16. The average molecular weight is 286 g/mol. The van der Waals surface area contributed by atoms with Crippen LogP contribution in [0.15, 0.2) is 16.6 Å². The van der Waals surface area contributed by atoms with Gasteiger partial charge in [0, 0.05) is 16.9 Å². The van der Waals surface area contributed by atoms with Crippen LogP contribution in [-0.4, -0.2) is 20.3 Å². The van der Waals surface area contributed by atoms with Gasteiger partial charge in [0.15, 0.2) is 11.5 Å². The quantitative estimate of drug-likeness (QED) is 0.906. The van der Waals surface area contributed by atoms with Gasteiger partial charge in [-0.3, -0.25) is 0 Å². The molecule has 0 radical (unpaired) electrons. The maximum atomic E-state index is 5.67. The Morgan fingerprint density at radius 3 is 2.50 bits per heavy atom. The highest BCUT2D eigenvalue weighted by atomic mass is 79.9. The number of hydrogen-bond donors (Lipinski definition) is 1. The van der Waals surface area contributed by atoms with E-state index >= 15 is 0 Å². The third kappa shape index (κ3) is 2.33. The van der Waals surface area contributed by atoms with E-state index < -0.39 is 0 Å². The highest BCUT2D eigenvalue weighted by molar-refractivity contribution is 9.10. The zero-order valence-corrected chi connectivity index (χ0v) is 11.1. The lowest BCUT2D eigenvalue weighted by Crippen LogP contribution is -2.13. The molecular formula is C12H16BrNO2. The van der Waals surface area contributed by atoms with Gasteiger partial charge in [0.25, 0.3) is 0 Å². The Hall–Kier alpha value is -0.740. The molecule has 2 rings (SSSR count). The Balaban J connectivity index is 2.38. The number of ether oxygens (including phenoxy) is 2. The maximum Gasteiger partial charge on any atom is 0.162 e. The van der Waals surface area contributed by atoms with E-state index in [9.17, 15) is 0 Å². The Bertz CT molecular complexity index is 382. The topological polar surface area (TPSA) is 30.5 Å². The second kappa shape index (κ2) is 5.06. The van der Waals surface area contributed by atoms with Gasteiger partial charge in [-0.25, -0.2) is 0 Å². The molecule has 0 aliphatic carbocycles. The largest absolute Gasteiger partial charge is 0.490 e. The van der Waals surface area contributed by atoms with Crippen LogP contribution in [0.25, 0.3) is 0 Å². The minimum absolute atomic E-state index is 0.284. The van der Waals surface area contributed by atoms with Crippen molar-refractivity contribution in [3.8, 4) is 11.5 Å². The van der Waals surface area contributed by atoms with Gasteiger partial charge in [0.2, 0.25) is 0 Å². The van der Waals surface area contributed by atoms with E-state index in [0.717, 1.165) is 35.6 Å². The first-order valence-corrected chi connectivity index (χ1v) is 6.28. The number of benzene rings is 1. The monoisotopic (exact) mass is 285 g/mol. The Labute approximate surface area is 104 Å². The normalized spacial score (nSPS) is 16.7. The molecule has 16 heavy (non-hydrogen) atoms. The highest BCUT2D eigenvalue weighted by Crippen LogP contribution is 2.37. The number of rotatable bonds is 2. The van der Waals surface area contributed by atoms with E-state index in [1.807, 2.05) is 19.2 Å². The van der Waals surface area contributed by atoms with Crippen LogP contribution in [0.2, 0.25) is 0 Å². The molecule has 1 aliphatic rings. The standard InChI is InChI=1S/C12H16BrNO2/c1-8(14-2)9-6-11-12(7-10(9)13)16-5-3-4-15-11/h6-8,14H,3-5H2,1-2H3. The first kappa shape index (κ1) is 11.7. The van der Waals surface area contributed by atoms with Crippen molar-refractivity contribution in [3.05, 3.63) is 22.2 Å². The Kier molecular flexibility index (Phi) is 3.71. The molecule has 0 saturated heterocycles. The first-order chi connectivity index (χ1) is 7.72. The second-order valence-electron chi connectivity index (χ2n) is 3.88. The summed E-state index contributed by atoms with van der Waals surface area (Å²) in [5, 5.41) is 3.22. The van der Waals surface area contributed by atoms with E-state index in [1.54, 1.807) is 0 Å². The zero-order chi connectivity index (χ0) is 11.5. The smallest absolute Gasteiger partial charge is 0.162 e. The van der Waals surface area contributed by atoms with Gasteiger partial charge in [-0.05, 0) is 31.7 Å². The molecule has 1 aromatic rings. The number of nitrogens with one attached hydrogen (secondary N) is 1. The summed E-state index contributed by atoms with van der Waals surface area (Å²) in [5.41, 5.74) is 1.19. The van der Waals surface area contributed by atoms with Gasteiger partial charge in [0.05, 0.1) is 13.2 Å². The summed E-state index contributed by atoms with van der Waals surface area (Å²) in [5.74, 6) is 1.68. The summed E-state index contributed by atoms with van der Waals surface area (Å²) in [6, 6.07) is 4.32. The molecule has 1 aromatic carbocycles. The first-order valence-electron chi connectivity index (χ1n) is 5.48. The van der Waals surface area contributed by atoms with Crippen LogP contribution in [0.4, 0.5) is 0 Å². The fraction of sp³-hybridized carbons (Fsp3) is 0.500. The van der Waals surface area contributed by atoms with Crippen molar-refractivity contribution in [2.75, 3.05) is 20.3 Å². The molecule has 1 heterocycles. The number of halogens is 1. The van der Waals surface area contributed by atoms with Crippen LogP contribution in [0.3, 0.4) is 0 Å². The zero-order valence-electron chi connectivity index (χ0n) is 9.55. The van der Waals surface area contributed by atoms with Gasteiger partial charge in [-0.15, -0.1) is 0 Å². The van der Waals surface area contributed by atoms with Crippen LogP contribution in [0.5, 0.6) is 11.5 Å². The van der Waals surface area contributed by atoms with Crippen molar-refractivity contribution >= 4 is 15.9 Å². The molecule has 3 nitrogen and oxygen atoms in total. The van der Waals surface area contributed by atoms with E-state index in [-0.39, 0.29) is 6.04 Å². The third-order valence-electron chi connectivity index (χ3n) is 2.77. The molecule has 0 bridgehead atoms. The summed E-state index contributed by atoms with van der Waals surface area (Å²) >= 11 is 3.57. The van der Waals surface area contributed by atoms with Crippen LogP contribution in [-0.2, 0) is 0 Å². The molecule has 0 amide bonds. The van der Waals surface area contributed by atoms with Crippen molar-refractivity contribution < 1.29 is 9.47 Å². The highest BCUT2D eigenvalue weighted by Gasteiger charge is 2.16. The van der Waals surface area contributed by atoms with Crippen molar-refractivity contribution in [1.29, 1.82) is 0 Å². The minimum atomic E-state index is 0.284. The number of hydrogen-bond acceptors (Lipinski definition) is 3. The average Bonchev–Trinajstić information content (AvgIpc) is 2.51. The molecule has 0 aromatic heterocycles. The van der Waals surface area contributed by atoms with Crippen molar-refractivity contribution in [1.82, 2.24) is 5.32 Å². The van der Waals surface area contributed by atoms with Crippen LogP contribution < -0.4 is 14.8 Å². The van der Waals surface area contributed by atoms with E-state index in [1.165, 1.54) is 5.56 Å². The molecule has 0 spiro atoms. The molecule has 0 saturated carbocycles. The van der Waals surface area contributed by atoms with Crippen LogP contribution in [0, 0.1) is 0 Å². The van der Waals surface area contributed by atoms with Gasteiger partial charge < -0.3 is 14.8 Å². The van der Waals surface area contributed by atoms with E-state index in [2.05, 4.69) is 28.2 Å². The van der Waals surface area contributed by atoms with Crippen LogP contribution >= 0.6 is 15.9 Å². The lowest BCUT2D eigenvalue weighted by atomic mass is 10.1. The van der Waals surface area contributed by atoms with E-state index in [0.29, 0.717) is 0 Å². The molecule has 4 heteroatoms. The van der Waals surface area contributed by atoms with Crippen molar-refractivity contribution in [3.63, 3.8) is 0 Å². The molecular weight excluding hydrogens is 270 g/mol. The fourth-order valence-electron chi connectivity index (χ4n) is 1.69. The second-order valence-corrected chi connectivity index (χ2v) is 4.74. The molecule has 0 fully saturated rings. The molecule has 1 aliphatic heterocycles. The summed E-state index contributed by atoms with van der Waals surface area (Å²) in [6.45, 7) is 3.56. The summed E-state index contributed by atoms with van der Waals surface area (Å²) < 4.78 is 12.3. The predicted molar refractivity (Wildman–Crippen MR) is 67.2 cm³/mol. The van der Waals surface area contributed by atoms with E-state index in [4.69, 9.17) is 9.47 Å². The van der Waals surface area contributed by atoms with Gasteiger partial charge in [-0.2, -0.15) is 0 Å². The van der Waals surface area contributed by atoms with Gasteiger partial charge >= 0.3 is 0 Å². The molecule has 88 valence electrons. The van der Waals surface area contributed by atoms with Gasteiger partial charge in [0.1, 0.15) is 0 Å². The summed E-state index contributed by atoms with van der Waals surface area (Å²) in [7, 11) is 1.94. The maximum absolute atomic E-state index is 5.67. The summed E-state index contributed by atoms with van der Waals surface area (Å²) in [4.78, 5) is 0. The van der Waals surface area contributed by atoms with Crippen molar-refractivity contribution in [2.45, 2.75) is 19.4 Å². The Morgan fingerprint density at radius 1 is 1.25 bits per heavy atom. The fourth-order valence-corrected chi connectivity index (χ4v) is 2.35. The van der Waals surface area contributed by atoms with Crippen LogP contribution in [0.1, 0.15) is 24.9 Å². The lowest BCUT2D eigenvalue weighted by molar-refractivity contribution is 0.297. The summed E-state index contributed by atoms with van der Waals surface area (Å²) in [6.07, 6.45) is 0.934. The SMILES string of the molecule is CNC(C)c1cc2c(cc1Br)OCCCO2. The Morgan fingerprint density at radius 2 is 1.88 bits per heavy atom. The third-order valence-corrected chi connectivity index (χ3v) is 3.45. The molecule has 1 unspecified atom stereocenters. The predicted octanol–water partition coefficient (Wildman–Crippen LogP) is 2.89. The molecule has 1 atom stereocenters. The molecule has 1 N–H and O–H groups in total. The minimum Gasteiger partial charge on any atom is -0.490 e. The van der Waals surface area contributed by atoms with Crippen molar-refractivity contribution in [2.24, 2.45) is 0 Å². The van der Waals surface area contributed by atoms with Gasteiger partial charge in [-0.1, -0.05) is 15.9 Å².